The Morgan fingerprint density at radius 1 is 1.33 bits per heavy atom. The molecule has 1 aromatic rings. The maximum Gasteiger partial charge on any atom is 0.133 e. The molecule has 0 fully saturated rings. The number of ether oxygens (including phenoxy) is 1. The SMILES string of the molecule is COc1ccc(CN(CCCBr)C(C)C)cc1Br. The lowest BCUT2D eigenvalue weighted by Gasteiger charge is -2.26. The maximum atomic E-state index is 5.25. The molecule has 1 aromatic carbocycles. The van der Waals surface area contributed by atoms with Crippen molar-refractivity contribution in [1.82, 2.24) is 4.90 Å². The Hall–Kier alpha value is -0.0600. The first-order valence-electron chi connectivity index (χ1n) is 6.21. The average Bonchev–Trinajstić information content (AvgIpc) is 2.34. The number of methoxy groups -OCH3 is 1. The number of hydrogen-bond acceptors (Lipinski definition) is 2. The molecule has 0 bridgehead atoms. The van der Waals surface area contributed by atoms with Gasteiger partial charge in [0, 0.05) is 17.9 Å². The summed E-state index contributed by atoms with van der Waals surface area (Å²) < 4.78 is 6.27. The van der Waals surface area contributed by atoms with Crippen LogP contribution in [-0.4, -0.2) is 29.9 Å². The van der Waals surface area contributed by atoms with E-state index in [4.69, 9.17) is 4.74 Å². The summed E-state index contributed by atoms with van der Waals surface area (Å²) in [5, 5.41) is 1.06. The van der Waals surface area contributed by atoms with Gasteiger partial charge in [-0.05, 0) is 60.4 Å². The zero-order chi connectivity index (χ0) is 13.5. The van der Waals surface area contributed by atoms with Crippen molar-refractivity contribution in [2.75, 3.05) is 19.0 Å². The third-order valence-electron chi connectivity index (χ3n) is 2.91. The predicted molar refractivity (Wildman–Crippen MR) is 84.7 cm³/mol. The topological polar surface area (TPSA) is 12.5 Å². The molecule has 0 saturated heterocycles. The molecule has 0 aliphatic heterocycles. The van der Waals surface area contributed by atoms with Crippen molar-refractivity contribution in [3.8, 4) is 5.75 Å². The summed E-state index contributed by atoms with van der Waals surface area (Å²) in [5.74, 6) is 0.885. The number of nitrogens with zero attached hydrogens (tertiary/aromatic N) is 1. The van der Waals surface area contributed by atoms with Gasteiger partial charge in [0.25, 0.3) is 0 Å². The smallest absolute Gasteiger partial charge is 0.133 e. The Labute approximate surface area is 127 Å². The highest BCUT2D eigenvalue weighted by Crippen LogP contribution is 2.26. The average molecular weight is 379 g/mol. The highest BCUT2D eigenvalue weighted by atomic mass is 79.9. The molecule has 0 radical (unpaired) electrons. The zero-order valence-electron chi connectivity index (χ0n) is 11.2. The van der Waals surface area contributed by atoms with Crippen LogP contribution in [0.5, 0.6) is 5.75 Å². The first-order valence-corrected chi connectivity index (χ1v) is 8.12. The number of rotatable bonds is 7. The highest BCUT2D eigenvalue weighted by Gasteiger charge is 2.10. The molecule has 0 aliphatic rings. The monoisotopic (exact) mass is 377 g/mol. The predicted octanol–water partition coefficient (Wildman–Crippen LogP) is 4.45. The molecule has 0 spiro atoms. The van der Waals surface area contributed by atoms with E-state index in [2.05, 4.69) is 62.7 Å². The van der Waals surface area contributed by atoms with Crippen molar-refractivity contribution in [2.24, 2.45) is 0 Å². The highest BCUT2D eigenvalue weighted by molar-refractivity contribution is 9.10. The molecular weight excluding hydrogens is 358 g/mol. The van der Waals surface area contributed by atoms with Gasteiger partial charge < -0.3 is 4.74 Å². The minimum Gasteiger partial charge on any atom is -0.496 e. The summed E-state index contributed by atoms with van der Waals surface area (Å²) in [6.45, 7) is 6.58. The van der Waals surface area contributed by atoms with Crippen LogP contribution >= 0.6 is 31.9 Å². The van der Waals surface area contributed by atoms with Crippen molar-refractivity contribution >= 4 is 31.9 Å². The molecule has 18 heavy (non-hydrogen) atoms. The lowest BCUT2D eigenvalue weighted by molar-refractivity contribution is 0.214. The van der Waals surface area contributed by atoms with E-state index in [0.717, 1.165) is 28.6 Å². The van der Waals surface area contributed by atoms with Gasteiger partial charge in [0.1, 0.15) is 5.75 Å². The third-order valence-corrected chi connectivity index (χ3v) is 4.09. The lowest BCUT2D eigenvalue weighted by Crippen LogP contribution is -2.31. The molecule has 0 heterocycles. The van der Waals surface area contributed by atoms with Crippen molar-refractivity contribution in [1.29, 1.82) is 0 Å². The van der Waals surface area contributed by atoms with Crippen molar-refractivity contribution in [3.05, 3.63) is 28.2 Å². The maximum absolute atomic E-state index is 5.25. The van der Waals surface area contributed by atoms with E-state index < -0.39 is 0 Å². The Balaban J connectivity index is 2.71. The van der Waals surface area contributed by atoms with E-state index in [0.29, 0.717) is 6.04 Å². The van der Waals surface area contributed by atoms with Crippen LogP contribution in [0.1, 0.15) is 25.8 Å². The van der Waals surface area contributed by atoms with E-state index in [-0.39, 0.29) is 0 Å². The van der Waals surface area contributed by atoms with E-state index in [1.54, 1.807) is 7.11 Å². The van der Waals surface area contributed by atoms with Gasteiger partial charge >= 0.3 is 0 Å². The molecular formula is C14H21Br2NO. The Morgan fingerprint density at radius 2 is 2.06 bits per heavy atom. The molecule has 4 heteroatoms. The van der Waals surface area contributed by atoms with E-state index >= 15 is 0 Å². The zero-order valence-corrected chi connectivity index (χ0v) is 14.4. The van der Waals surface area contributed by atoms with Crippen LogP contribution < -0.4 is 4.74 Å². The molecule has 0 atom stereocenters. The van der Waals surface area contributed by atoms with Crippen molar-refractivity contribution in [3.63, 3.8) is 0 Å². The van der Waals surface area contributed by atoms with Crippen LogP contribution in [0.4, 0.5) is 0 Å². The second kappa shape index (κ2) is 8.18. The molecule has 0 unspecified atom stereocenters. The van der Waals surface area contributed by atoms with Crippen LogP contribution in [-0.2, 0) is 6.54 Å². The van der Waals surface area contributed by atoms with Crippen molar-refractivity contribution in [2.45, 2.75) is 32.9 Å². The summed E-state index contributed by atoms with van der Waals surface area (Å²) in [4.78, 5) is 2.48. The summed E-state index contributed by atoms with van der Waals surface area (Å²) >= 11 is 7.03. The molecule has 0 saturated carbocycles. The Morgan fingerprint density at radius 3 is 2.56 bits per heavy atom. The largest absolute Gasteiger partial charge is 0.496 e. The quantitative estimate of drug-likeness (QED) is 0.649. The number of benzene rings is 1. The van der Waals surface area contributed by atoms with Gasteiger partial charge in [0.05, 0.1) is 11.6 Å². The summed E-state index contributed by atoms with van der Waals surface area (Å²) in [5.41, 5.74) is 1.31. The number of alkyl halides is 1. The first kappa shape index (κ1) is 16.0. The van der Waals surface area contributed by atoms with Gasteiger partial charge in [-0.25, -0.2) is 0 Å². The van der Waals surface area contributed by atoms with E-state index in [9.17, 15) is 0 Å². The molecule has 0 aliphatic carbocycles. The Bertz CT molecular complexity index is 369. The minimum atomic E-state index is 0.560. The van der Waals surface area contributed by atoms with Crippen LogP contribution in [0.25, 0.3) is 0 Å². The third kappa shape index (κ3) is 4.90. The van der Waals surface area contributed by atoms with Gasteiger partial charge in [0.2, 0.25) is 0 Å². The van der Waals surface area contributed by atoms with Gasteiger partial charge in [-0.1, -0.05) is 22.0 Å². The first-order chi connectivity index (χ1) is 8.58. The molecule has 0 N–H and O–H groups in total. The fourth-order valence-corrected chi connectivity index (χ4v) is 2.66. The van der Waals surface area contributed by atoms with E-state index in [1.165, 1.54) is 12.0 Å². The van der Waals surface area contributed by atoms with Crippen LogP contribution in [0.2, 0.25) is 0 Å². The molecule has 1 rings (SSSR count). The number of halogens is 2. The van der Waals surface area contributed by atoms with E-state index in [1.807, 2.05) is 6.07 Å². The van der Waals surface area contributed by atoms with Gasteiger partial charge in [-0.3, -0.25) is 4.90 Å². The standard InChI is InChI=1S/C14H21Br2NO/c1-11(2)17(8-4-7-15)10-12-5-6-14(18-3)13(16)9-12/h5-6,9,11H,4,7-8,10H2,1-3H3. The number of hydrogen-bond donors (Lipinski definition) is 0. The summed E-state index contributed by atoms with van der Waals surface area (Å²) in [6.07, 6.45) is 1.18. The van der Waals surface area contributed by atoms with Crippen molar-refractivity contribution < 1.29 is 4.74 Å². The van der Waals surface area contributed by atoms with Crippen LogP contribution in [0.3, 0.4) is 0 Å². The normalized spacial score (nSPS) is 11.3. The lowest BCUT2D eigenvalue weighted by atomic mass is 10.1. The second-order valence-corrected chi connectivity index (χ2v) is 6.22. The fourth-order valence-electron chi connectivity index (χ4n) is 1.83. The molecule has 0 amide bonds. The van der Waals surface area contributed by atoms with Crippen LogP contribution in [0, 0.1) is 0 Å². The molecule has 2 nitrogen and oxygen atoms in total. The molecule has 0 aromatic heterocycles. The Kier molecular flexibility index (Phi) is 7.27. The van der Waals surface area contributed by atoms with Gasteiger partial charge in [-0.15, -0.1) is 0 Å². The van der Waals surface area contributed by atoms with Gasteiger partial charge in [-0.2, -0.15) is 0 Å². The second-order valence-electron chi connectivity index (χ2n) is 4.58. The summed E-state index contributed by atoms with van der Waals surface area (Å²) in [6, 6.07) is 6.85. The molecule has 102 valence electrons. The minimum absolute atomic E-state index is 0.560. The fraction of sp³-hybridized carbons (Fsp3) is 0.571. The van der Waals surface area contributed by atoms with Gasteiger partial charge in [0.15, 0.2) is 0 Å². The van der Waals surface area contributed by atoms with Crippen LogP contribution in [0.15, 0.2) is 22.7 Å². The summed E-state index contributed by atoms with van der Waals surface area (Å²) in [7, 11) is 1.69.